The van der Waals surface area contributed by atoms with Crippen LogP contribution in [0.4, 0.5) is 0 Å². The molecule has 4 amide bonds. The van der Waals surface area contributed by atoms with Crippen molar-refractivity contribution in [1.29, 1.82) is 0 Å². The number of carbonyl (C=O) groups is 5. The van der Waals surface area contributed by atoms with Crippen molar-refractivity contribution in [3.8, 4) is 0 Å². The molecule has 2 aliphatic carbocycles. The number of hydrogen-bond donors (Lipinski definition) is 4. The Balaban J connectivity index is 1.79. The summed E-state index contributed by atoms with van der Waals surface area (Å²) in [6.45, 7) is 4.27. The van der Waals surface area contributed by atoms with Crippen LogP contribution in [0.1, 0.15) is 104 Å². The number of piperidine rings is 1. The van der Waals surface area contributed by atoms with E-state index in [1.165, 1.54) is 0 Å². The number of primary amides is 1. The van der Waals surface area contributed by atoms with Crippen LogP contribution in [0.25, 0.3) is 0 Å². The Morgan fingerprint density at radius 2 is 1.38 bits per heavy atom. The largest absolute Gasteiger partial charge is 0.481 e. The van der Waals surface area contributed by atoms with Crippen LogP contribution < -0.4 is 16.4 Å². The molecule has 0 unspecified atom stereocenters. The maximum atomic E-state index is 14.0. The molecule has 0 aromatic rings. The van der Waals surface area contributed by atoms with Gasteiger partial charge in [-0.2, -0.15) is 0 Å². The van der Waals surface area contributed by atoms with Crippen molar-refractivity contribution in [3.63, 3.8) is 0 Å². The van der Waals surface area contributed by atoms with Gasteiger partial charge in [0.25, 0.3) is 0 Å². The molecule has 5 atom stereocenters. The molecule has 10 heteroatoms. The zero-order valence-electron chi connectivity index (χ0n) is 23.7. The first-order chi connectivity index (χ1) is 18.6. The molecule has 1 aliphatic heterocycles. The summed E-state index contributed by atoms with van der Waals surface area (Å²) in [6, 6.07) is -2.37. The van der Waals surface area contributed by atoms with E-state index in [0.717, 1.165) is 57.8 Å². The zero-order valence-corrected chi connectivity index (χ0v) is 23.7. The first-order valence-electron chi connectivity index (χ1n) is 15.0. The average molecular weight is 549 g/mol. The van der Waals surface area contributed by atoms with Gasteiger partial charge in [-0.1, -0.05) is 58.8 Å². The second-order valence-corrected chi connectivity index (χ2v) is 12.3. The Hall–Kier alpha value is -2.65. The highest BCUT2D eigenvalue weighted by Gasteiger charge is 2.41. The highest BCUT2D eigenvalue weighted by molar-refractivity contribution is 5.95. The van der Waals surface area contributed by atoms with Crippen LogP contribution in [0, 0.1) is 23.7 Å². The molecule has 0 aromatic carbocycles. The lowest BCUT2D eigenvalue weighted by molar-refractivity contribution is -0.150. The smallest absolute Gasteiger partial charge is 0.307 e. The Labute approximate surface area is 232 Å². The maximum absolute atomic E-state index is 14.0. The number of hydrogen-bond acceptors (Lipinski definition) is 5. The van der Waals surface area contributed by atoms with Crippen molar-refractivity contribution in [2.75, 3.05) is 6.54 Å². The molecular formula is C29H48N4O6. The lowest BCUT2D eigenvalue weighted by Gasteiger charge is -2.39. The van der Waals surface area contributed by atoms with Crippen molar-refractivity contribution >= 4 is 29.6 Å². The van der Waals surface area contributed by atoms with Gasteiger partial charge in [-0.05, 0) is 56.8 Å². The molecule has 5 N–H and O–H groups in total. The number of carboxylic acid groups (broad SMARTS) is 1. The predicted molar refractivity (Wildman–Crippen MR) is 146 cm³/mol. The van der Waals surface area contributed by atoms with E-state index >= 15 is 0 Å². The van der Waals surface area contributed by atoms with Gasteiger partial charge in [0.1, 0.15) is 18.1 Å². The number of carbonyl (C=O) groups excluding carboxylic acids is 4. The van der Waals surface area contributed by atoms with Crippen LogP contribution >= 0.6 is 0 Å². The Bertz CT molecular complexity index is 887. The van der Waals surface area contributed by atoms with Crippen LogP contribution in [-0.4, -0.2) is 64.3 Å². The molecule has 0 radical (unpaired) electrons. The van der Waals surface area contributed by atoms with Gasteiger partial charge in [0.2, 0.25) is 23.6 Å². The topological polar surface area (TPSA) is 159 Å². The number of likely N-dealkylation sites (tertiary alicyclic amines) is 1. The number of nitrogens with two attached hydrogens (primary N) is 1. The molecule has 0 aromatic heterocycles. The van der Waals surface area contributed by atoms with E-state index < -0.39 is 47.7 Å². The van der Waals surface area contributed by atoms with Gasteiger partial charge in [-0.3, -0.25) is 24.0 Å². The number of carboxylic acids is 1. The number of nitrogens with one attached hydrogen (secondary N) is 2. The van der Waals surface area contributed by atoms with Crippen LogP contribution in [0.3, 0.4) is 0 Å². The summed E-state index contributed by atoms with van der Waals surface area (Å²) in [6.07, 6.45) is 10.7. The van der Waals surface area contributed by atoms with Crippen molar-refractivity contribution < 1.29 is 29.1 Å². The van der Waals surface area contributed by atoms with Crippen LogP contribution in [0.5, 0.6) is 0 Å². The summed E-state index contributed by atoms with van der Waals surface area (Å²) in [7, 11) is 0. The summed E-state index contributed by atoms with van der Waals surface area (Å²) < 4.78 is 0. The molecule has 220 valence electrons. The van der Waals surface area contributed by atoms with Crippen molar-refractivity contribution in [2.24, 2.45) is 29.4 Å². The molecule has 0 bridgehead atoms. The van der Waals surface area contributed by atoms with E-state index in [9.17, 15) is 29.1 Å². The first kappa shape index (κ1) is 30.9. The van der Waals surface area contributed by atoms with Gasteiger partial charge < -0.3 is 26.4 Å². The summed E-state index contributed by atoms with van der Waals surface area (Å²) >= 11 is 0. The first-order valence-corrected chi connectivity index (χ1v) is 15.0. The SMILES string of the molecule is CC(C)C[C@H](NC(=O)[C@@H]1CCCCN1C(=O)[C@H](CC1CCCCC1)NC(=O)[C@@H]1CCCC[C@H]1C(=O)O)C(N)=O. The molecule has 2 saturated carbocycles. The molecular weight excluding hydrogens is 500 g/mol. The Morgan fingerprint density at radius 3 is 2.00 bits per heavy atom. The van der Waals surface area contributed by atoms with E-state index in [1.807, 2.05) is 13.8 Å². The zero-order chi connectivity index (χ0) is 28.5. The molecule has 10 nitrogen and oxygen atoms in total. The third kappa shape index (κ3) is 8.67. The average Bonchev–Trinajstić information content (AvgIpc) is 2.92. The van der Waals surface area contributed by atoms with Crippen LogP contribution in [0.2, 0.25) is 0 Å². The van der Waals surface area contributed by atoms with Crippen molar-refractivity contribution in [3.05, 3.63) is 0 Å². The minimum absolute atomic E-state index is 0.149. The normalized spacial score (nSPS) is 25.9. The number of amides is 4. The molecule has 1 saturated heterocycles. The van der Waals surface area contributed by atoms with Gasteiger partial charge in [0.15, 0.2) is 0 Å². The predicted octanol–water partition coefficient (Wildman–Crippen LogP) is 2.73. The number of aliphatic carboxylic acids is 1. The van der Waals surface area contributed by atoms with Gasteiger partial charge >= 0.3 is 5.97 Å². The van der Waals surface area contributed by atoms with Crippen LogP contribution in [-0.2, 0) is 24.0 Å². The fourth-order valence-corrected chi connectivity index (χ4v) is 6.65. The fourth-order valence-electron chi connectivity index (χ4n) is 6.65. The van der Waals surface area contributed by atoms with E-state index in [-0.39, 0.29) is 23.7 Å². The Morgan fingerprint density at radius 1 is 0.795 bits per heavy atom. The van der Waals surface area contributed by atoms with E-state index in [0.29, 0.717) is 38.6 Å². The van der Waals surface area contributed by atoms with Crippen LogP contribution in [0.15, 0.2) is 0 Å². The lowest BCUT2D eigenvalue weighted by atomic mass is 9.78. The Kier molecular flexibility index (Phi) is 11.6. The second-order valence-electron chi connectivity index (χ2n) is 12.3. The molecule has 1 heterocycles. The van der Waals surface area contributed by atoms with Gasteiger partial charge in [-0.15, -0.1) is 0 Å². The van der Waals surface area contributed by atoms with E-state index in [1.54, 1.807) is 4.90 Å². The van der Waals surface area contributed by atoms with Crippen molar-refractivity contribution in [1.82, 2.24) is 15.5 Å². The quantitative estimate of drug-likeness (QED) is 0.311. The van der Waals surface area contributed by atoms with Gasteiger partial charge in [0, 0.05) is 6.54 Å². The third-order valence-corrected chi connectivity index (χ3v) is 8.78. The van der Waals surface area contributed by atoms with Gasteiger partial charge in [-0.25, -0.2) is 0 Å². The monoisotopic (exact) mass is 548 g/mol. The molecule has 3 fully saturated rings. The number of rotatable bonds is 11. The molecule has 0 spiro atoms. The summed E-state index contributed by atoms with van der Waals surface area (Å²) in [5.74, 6) is -3.61. The standard InChI is InChI=1S/C29H48N4O6/c1-18(2)16-22(25(30)34)31-27(36)24-14-8-9-15-33(24)28(37)23(17-19-10-4-3-5-11-19)32-26(35)20-12-6-7-13-21(20)29(38)39/h18-24H,3-17H2,1-2H3,(H2,30,34)(H,31,36)(H,32,35)(H,38,39)/t20-,21-,22+,23+,24+/m1/s1. The van der Waals surface area contributed by atoms with E-state index in [2.05, 4.69) is 10.6 Å². The fraction of sp³-hybridized carbons (Fsp3) is 0.828. The van der Waals surface area contributed by atoms with E-state index in [4.69, 9.17) is 5.73 Å². The second kappa shape index (κ2) is 14.7. The third-order valence-electron chi connectivity index (χ3n) is 8.78. The molecule has 3 rings (SSSR count). The summed E-state index contributed by atoms with van der Waals surface area (Å²) in [5, 5.41) is 15.4. The summed E-state index contributed by atoms with van der Waals surface area (Å²) in [4.78, 5) is 66.2. The minimum Gasteiger partial charge on any atom is -0.481 e. The highest BCUT2D eigenvalue weighted by atomic mass is 16.4. The molecule has 3 aliphatic rings. The lowest BCUT2D eigenvalue weighted by Crippen LogP contribution is -2.60. The summed E-state index contributed by atoms with van der Waals surface area (Å²) in [5.41, 5.74) is 5.54. The maximum Gasteiger partial charge on any atom is 0.307 e. The number of nitrogens with zero attached hydrogens (tertiary/aromatic N) is 1. The van der Waals surface area contributed by atoms with Crippen molar-refractivity contribution in [2.45, 2.75) is 122 Å². The minimum atomic E-state index is -0.969. The molecule has 39 heavy (non-hydrogen) atoms. The van der Waals surface area contributed by atoms with Gasteiger partial charge in [0.05, 0.1) is 11.8 Å². The highest BCUT2D eigenvalue weighted by Crippen LogP contribution is 2.32.